The van der Waals surface area contributed by atoms with Gasteiger partial charge >= 0.3 is 5.97 Å². The fourth-order valence-corrected chi connectivity index (χ4v) is 2.80. The Kier molecular flexibility index (Phi) is 5.75. The predicted octanol–water partition coefficient (Wildman–Crippen LogP) is 4.55. The van der Waals surface area contributed by atoms with Gasteiger partial charge in [0.25, 0.3) is 5.91 Å². The zero-order valence-electron chi connectivity index (χ0n) is 15.7. The quantitative estimate of drug-likeness (QED) is 0.642. The van der Waals surface area contributed by atoms with Gasteiger partial charge in [0.2, 0.25) is 0 Å². The normalized spacial score (nSPS) is 11.5. The zero-order chi connectivity index (χ0) is 20.1. The molecule has 0 bridgehead atoms. The molecular weight excluding hydrogens is 354 g/mol. The number of carbonyl (C=O) groups excluding carboxylic acids is 2. The maximum absolute atomic E-state index is 12.6. The standard InChI is InChI=1S/C23H21NO4/c1-15-9-8-13-19(21(15)25)23(27)28-16(2)22(26)24-20-14-7-6-12-18(20)17-10-4-3-5-11-17/h3-14,16,25H,1-2H3,(H,24,26)/t16-/m0/s1. The number of anilines is 1. The van der Waals surface area contributed by atoms with Crippen LogP contribution in [-0.2, 0) is 9.53 Å². The van der Waals surface area contributed by atoms with Crippen molar-refractivity contribution in [2.24, 2.45) is 0 Å². The molecule has 0 aliphatic rings. The van der Waals surface area contributed by atoms with Crippen molar-refractivity contribution in [3.05, 3.63) is 83.9 Å². The van der Waals surface area contributed by atoms with Crippen molar-refractivity contribution in [1.82, 2.24) is 0 Å². The van der Waals surface area contributed by atoms with Crippen molar-refractivity contribution >= 4 is 17.6 Å². The molecule has 2 N–H and O–H groups in total. The summed E-state index contributed by atoms with van der Waals surface area (Å²) in [6, 6.07) is 21.9. The number of amides is 1. The average Bonchev–Trinajstić information content (AvgIpc) is 2.71. The molecule has 0 saturated carbocycles. The summed E-state index contributed by atoms with van der Waals surface area (Å²) in [5.41, 5.74) is 3.05. The molecule has 1 amide bonds. The molecule has 3 aromatic rings. The molecule has 0 heterocycles. The molecule has 3 aromatic carbocycles. The smallest absolute Gasteiger partial charge is 0.342 e. The van der Waals surface area contributed by atoms with Crippen molar-refractivity contribution in [2.75, 3.05) is 5.32 Å². The maximum Gasteiger partial charge on any atom is 0.342 e. The first-order valence-electron chi connectivity index (χ1n) is 8.92. The fourth-order valence-electron chi connectivity index (χ4n) is 2.80. The number of carbonyl (C=O) groups is 2. The van der Waals surface area contributed by atoms with Crippen molar-refractivity contribution in [2.45, 2.75) is 20.0 Å². The number of hydrogen-bond acceptors (Lipinski definition) is 4. The number of phenolic OH excluding ortho intramolecular Hbond substituents is 1. The average molecular weight is 375 g/mol. The van der Waals surface area contributed by atoms with E-state index < -0.39 is 18.0 Å². The molecule has 1 atom stereocenters. The van der Waals surface area contributed by atoms with E-state index in [1.54, 1.807) is 25.1 Å². The van der Waals surface area contributed by atoms with Gasteiger partial charge in [0, 0.05) is 11.3 Å². The summed E-state index contributed by atoms with van der Waals surface area (Å²) < 4.78 is 5.24. The summed E-state index contributed by atoms with van der Waals surface area (Å²) >= 11 is 0. The van der Waals surface area contributed by atoms with Crippen LogP contribution in [0, 0.1) is 6.92 Å². The van der Waals surface area contributed by atoms with Gasteiger partial charge in [0.05, 0.1) is 0 Å². The lowest BCUT2D eigenvalue weighted by atomic mass is 10.0. The Morgan fingerprint density at radius 3 is 2.36 bits per heavy atom. The Bertz CT molecular complexity index is 998. The van der Waals surface area contributed by atoms with Crippen LogP contribution in [0.15, 0.2) is 72.8 Å². The van der Waals surface area contributed by atoms with Crippen LogP contribution in [0.5, 0.6) is 5.75 Å². The first kappa shape index (κ1) is 19.2. The molecule has 0 aliphatic carbocycles. The molecule has 3 rings (SSSR count). The molecule has 0 radical (unpaired) electrons. The van der Waals surface area contributed by atoms with Crippen molar-refractivity contribution in [3.63, 3.8) is 0 Å². The minimum Gasteiger partial charge on any atom is -0.507 e. The van der Waals surface area contributed by atoms with Crippen LogP contribution in [0.4, 0.5) is 5.69 Å². The zero-order valence-corrected chi connectivity index (χ0v) is 15.7. The number of hydrogen-bond donors (Lipinski definition) is 2. The van der Waals surface area contributed by atoms with Crippen LogP contribution in [0.2, 0.25) is 0 Å². The molecule has 0 saturated heterocycles. The second-order valence-electron chi connectivity index (χ2n) is 6.42. The number of phenols is 1. The van der Waals surface area contributed by atoms with Crippen LogP contribution in [0.3, 0.4) is 0 Å². The fraction of sp³-hybridized carbons (Fsp3) is 0.130. The summed E-state index contributed by atoms with van der Waals surface area (Å²) in [7, 11) is 0. The summed E-state index contributed by atoms with van der Waals surface area (Å²) in [4.78, 5) is 24.9. The lowest BCUT2D eigenvalue weighted by molar-refractivity contribution is -0.123. The monoisotopic (exact) mass is 375 g/mol. The van der Waals surface area contributed by atoms with Crippen molar-refractivity contribution in [1.29, 1.82) is 0 Å². The molecule has 142 valence electrons. The first-order chi connectivity index (χ1) is 13.5. The Morgan fingerprint density at radius 1 is 0.929 bits per heavy atom. The number of nitrogens with one attached hydrogen (secondary N) is 1. The summed E-state index contributed by atoms with van der Waals surface area (Å²) in [5, 5.41) is 12.8. The van der Waals surface area contributed by atoms with E-state index in [0.29, 0.717) is 11.3 Å². The molecule has 5 heteroatoms. The van der Waals surface area contributed by atoms with E-state index in [0.717, 1.165) is 11.1 Å². The van der Waals surface area contributed by atoms with E-state index in [9.17, 15) is 14.7 Å². The highest BCUT2D eigenvalue weighted by atomic mass is 16.5. The summed E-state index contributed by atoms with van der Waals surface area (Å²) in [6.07, 6.45) is -1.03. The highest BCUT2D eigenvalue weighted by Gasteiger charge is 2.22. The lowest BCUT2D eigenvalue weighted by Gasteiger charge is -2.16. The molecule has 0 fully saturated rings. The van der Waals surface area contributed by atoms with Gasteiger partial charge in [-0.1, -0.05) is 60.7 Å². The van der Waals surface area contributed by atoms with Gasteiger partial charge in [-0.3, -0.25) is 4.79 Å². The number of benzene rings is 3. The lowest BCUT2D eigenvalue weighted by Crippen LogP contribution is -2.30. The molecule has 0 aromatic heterocycles. The number of para-hydroxylation sites is 2. The van der Waals surface area contributed by atoms with E-state index >= 15 is 0 Å². The number of ether oxygens (including phenoxy) is 1. The topological polar surface area (TPSA) is 75.6 Å². The second kappa shape index (κ2) is 8.39. The Balaban J connectivity index is 1.73. The third-order valence-corrected chi connectivity index (χ3v) is 4.38. The third kappa shape index (κ3) is 4.20. The van der Waals surface area contributed by atoms with Gasteiger partial charge in [-0.15, -0.1) is 0 Å². The van der Waals surface area contributed by atoms with E-state index in [1.165, 1.54) is 13.0 Å². The molecule has 5 nitrogen and oxygen atoms in total. The molecule has 0 unspecified atom stereocenters. The van der Waals surface area contributed by atoms with Crippen molar-refractivity contribution < 1.29 is 19.4 Å². The maximum atomic E-state index is 12.6. The number of esters is 1. The van der Waals surface area contributed by atoms with Crippen LogP contribution in [-0.4, -0.2) is 23.1 Å². The van der Waals surface area contributed by atoms with Gasteiger partial charge in [0.1, 0.15) is 11.3 Å². The van der Waals surface area contributed by atoms with Crippen LogP contribution >= 0.6 is 0 Å². The van der Waals surface area contributed by atoms with E-state index in [4.69, 9.17) is 4.74 Å². The van der Waals surface area contributed by atoms with E-state index in [1.807, 2.05) is 48.5 Å². The van der Waals surface area contributed by atoms with Crippen LogP contribution in [0.25, 0.3) is 11.1 Å². The minimum absolute atomic E-state index is 0.0318. The summed E-state index contributed by atoms with van der Waals surface area (Å²) in [5.74, 6) is -1.35. The highest BCUT2D eigenvalue weighted by Crippen LogP contribution is 2.28. The Hall–Kier alpha value is -3.60. The van der Waals surface area contributed by atoms with Crippen LogP contribution in [0.1, 0.15) is 22.8 Å². The number of rotatable bonds is 5. The SMILES string of the molecule is Cc1cccc(C(=O)O[C@@H](C)C(=O)Nc2ccccc2-c2ccccc2)c1O. The van der Waals surface area contributed by atoms with Gasteiger partial charge in [-0.25, -0.2) is 4.79 Å². The Morgan fingerprint density at radius 2 is 1.61 bits per heavy atom. The number of aryl methyl sites for hydroxylation is 1. The van der Waals surface area contributed by atoms with Gasteiger partial charge in [0.15, 0.2) is 6.10 Å². The molecule has 0 spiro atoms. The van der Waals surface area contributed by atoms with Crippen molar-refractivity contribution in [3.8, 4) is 16.9 Å². The predicted molar refractivity (Wildman–Crippen MR) is 108 cm³/mol. The minimum atomic E-state index is -1.03. The number of aromatic hydroxyl groups is 1. The first-order valence-corrected chi connectivity index (χ1v) is 8.92. The second-order valence-corrected chi connectivity index (χ2v) is 6.42. The Labute approximate surface area is 163 Å². The third-order valence-electron chi connectivity index (χ3n) is 4.38. The van der Waals surface area contributed by atoms with Gasteiger partial charge < -0.3 is 15.2 Å². The van der Waals surface area contributed by atoms with Crippen LogP contribution < -0.4 is 5.32 Å². The summed E-state index contributed by atoms with van der Waals surface area (Å²) in [6.45, 7) is 3.17. The van der Waals surface area contributed by atoms with E-state index in [-0.39, 0.29) is 11.3 Å². The highest BCUT2D eigenvalue weighted by molar-refractivity contribution is 6.00. The molecule has 28 heavy (non-hydrogen) atoms. The molecular formula is C23H21NO4. The van der Waals surface area contributed by atoms with E-state index in [2.05, 4.69) is 5.32 Å². The van der Waals surface area contributed by atoms with Gasteiger partial charge in [-0.2, -0.15) is 0 Å². The molecule has 0 aliphatic heterocycles. The van der Waals surface area contributed by atoms with Gasteiger partial charge in [-0.05, 0) is 37.1 Å². The largest absolute Gasteiger partial charge is 0.507 e.